The molecule has 1 aliphatic rings. The molecular weight excluding hydrogens is 178 g/mol. The summed E-state index contributed by atoms with van der Waals surface area (Å²) in [6.07, 6.45) is 1.19. The maximum atomic E-state index is 11.0. The quantitative estimate of drug-likeness (QED) is 0.454. The third kappa shape index (κ3) is 0.975. The fourth-order valence-corrected chi connectivity index (χ4v) is 0.930. The molecule has 2 rings (SSSR count). The smallest absolute Gasteiger partial charge is 0.337 e. The number of rotatable bonds is 1. The molecule has 1 N–H and O–H groups in total. The average molecular weight is 181 g/mol. The Balaban J connectivity index is 2.40. The number of nitrogens with one attached hydrogen (secondary N) is 1. The summed E-state index contributed by atoms with van der Waals surface area (Å²) in [7, 11) is 0. The van der Waals surface area contributed by atoms with E-state index in [0.717, 1.165) is 0 Å². The second-order valence-electron chi connectivity index (χ2n) is 2.26. The molecule has 1 aromatic heterocycles. The van der Waals surface area contributed by atoms with Gasteiger partial charge in [0, 0.05) is 6.07 Å². The molecule has 1 saturated heterocycles. The molecule has 7 nitrogen and oxygen atoms in total. The van der Waals surface area contributed by atoms with Crippen molar-refractivity contribution in [1.82, 2.24) is 10.5 Å². The number of amides is 4. The number of anilines is 1. The first-order valence-corrected chi connectivity index (χ1v) is 3.30. The molecule has 0 saturated carbocycles. The zero-order chi connectivity index (χ0) is 9.42. The Morgan fingerprint density at radius 3 is 2.62 bits per heavy atom. The lowest BCUT2D eigenvalue weighted by molar-refractivity contribution is -0.134. The van der Waals surface area contributed by atoms with Gasteiger partial charge in [0.1, 0.15) is 6.26 Å². The van der Waals surface area contributed by atoms with E-state index in [1.54, 1.807) is 0 Å². The number of imide groups is 2. The lowest BCUT2D eigenvalue weighted by Gasteiger charge is -2.03. The predicted octanol–water partition coefficient (Wildman–Crippen LogP) is -0.743. The van der Waals surface area contributed by atoms with Crippen molar-refractivity contribution in [3.05, 3.63) is 12.3 Å². The maximum absolute atomic E-state index is 11.0. The summed E-state index contributed by atoms with van der Waals surface area (Å²) in [6.45, 7) is 0. The lowest BCUT2D eigenvalue weighted by Crippen LogP contribution is -2.30. The van der Waals surface area contributed by atoms with Crippen LogP contribution in [0.5, 0.6) is 0 Å². The van der Waals surface area contributed by atoms with Gasteiger partial charge < -0.3 is 4.52 Å². The number of hydrogen-bond donors (Lipinski definition) is 1. The Kier molecular flexibility index (Phi) is 1.38. The van der Waals surface area contributed by atoms with Gasteiger partial charge in [-0.1, -0.05) is 5.16 Å². The molecule has 0 atom stereocenters. The van der Waals surface area contributed by atoms with Crippen molar-refractivity contribution in [2.24, 2.45) is 0 Å². The van der Waals surface area contributed by atoms with Crippen LogP contribution in [0.25, 0.3) is 0 Å². The number of nitrogens with zero attached hydrogens (tertiary/aromatic N) is 2. The van der Waals surface area contributed by atoms with Gasteiger partial charge in [-0.15, -0.1) is 0 Å². The first-order chi connectivity index (χ1) is 6.20. The highest BCUT2D eigenvalue weighted by Gasteiger charge is 2.39. The molecule has 0 aliphatic carbocycles. The molecule has 1 aliphatic heterocycles. The van der Waals surface area contributed by atoms with Crippen LogP contribution >= 0.6 is 0 Å². The highest BCUT2D eigenvalue weighted by Crippen LogP contribution is 2.13. The van der Waals surface area contributed by atoms with Gasteiger partial charge in [0.25, 0.3) is 0 Å². The van der Waals surface area contributed by atoms with Crippen LogP contribution in [-0.2, 0) is 9.59 Å². The molecule has 1 fully saturated rings. The van der Waals surface area contributed by atoms with Gasteiger partial charge >= 0.3 is 17.8 Å². The molecule has 0 bridgehead atoms. The van der Waals surface area contributed by atoms with E-state index in [1.165, 1.54) is 12.3 Å². The van der Waals surface area contributed by atoms with Crippen molar-refractivity contribution in [2.75, 3.05) is 4.90 Å². The first kappa shape index (κ1) is 7.47. The Bertz CT molecular complexity index is 383. The lowest BCUT2D eigenvalue weighted by atomic mass is 10.5. The summed E-state index contributed by atoms with van der Waals surface area (Å²) in [5, 5.41) is 5.17. The van der Waals surface area contributed by atoms with E-state index < -0.39 is 17.8 Å². The van der Waals surface area contributed by atoms with Crippen LogP contribution in [0.3, 0.4) is 0 Å². The van der Waals surface area contributed by atoms with Crippen molar-refractivity contribution in [3.63, 3.8) is 0 Å². The highest BCUT2D eigenvalue weighted by molar-refractivity contribution is 6.52. The minimum atomic E-state index is -0.965. The van der Waals surface area contributed by atoms with E-state index in [2.05, 4.69) is 9.68 Å². The normalized spacial score (nSPS) is 16.6. The maximum Gasteiger partial charge on any atom is 0.337 e. The Morgan fingerprint density at radius 2 is 2.15 bits per heavy atom. The van der Waals surface area contributed by atoms with E-state index >= 15 is 0 Å². The molecule has 1 aromatic rings. The molecule has 66 valence electrons. The summed E-state index contributed by atoms with van der Waals surface area (Å²) in [6, 6.07) is 0.486. The fraction of sp³-hybridized carbons (Fsp3) is 0. The zero-order valence-corrected chi connectivity index (χ0v) is 6.18. The van der Waals surface area contributed by atoms with Gasteiger partial charge in [-0.05, 0) is 0 Å². The van der Waals surface area contributed by atoms with Crippen LogP contribution in [0.4, 0.5) is 10.6 Å². The van der Waals surface area contributed by atoms with Crippen LogP contribution in [0.1, 0.15) is 0 Å². The number of urea groups is 1. The third-order valence-electron chi connectivity index (χ3n) is 1.47. The van der Waals surface area contributed by atoms with E-state index in [-0.39, 0.29) is 5.82 Å². The molecule has 7 heteroatoms. The largest absolute Gasteiger partial charge is 0.363 e. The van der Waals surface area contributed by atoms with Crippen LogP contribution in [0, 0.1) is 0 Å². The number of carbonyl (C=O) groups excluding carboxylic acids is 3. The van der Waals surface area contributed by atoms with Crippen LogP contribution in [0.2, 0.25) is 0 Å². The molecule has 0 unspecified atom stereocenters. The van der Waals surface area contributed by atoms with Gasteiger partial charge in [-0.25, -0.2) is 9.69 Å². The van der Waals surface area contributed by atoms with Gasteiger partial charge in [0.15, 0.2) is 5.82 Å². The Hall–Kier alpha value is -2.18. The monoisotopic (exact) mass is 181 g/mol. The average Bonchev–Trinajstić information content (AvgIpc) is 2.63. The second kappa shape index (κ2) is 2.41. The van der Waals surface area contributed by atoms with Gasteiger partial charge in [-0.3, -0.25) is 14.9 Å². The summed E-state index contributed by atoms with van der Waals surface area (Å²) < 4.78 is 4.42. The topological polar surface area (TPSA) is 92.5 Å². The minimum absolute atomic E-state index is 0.00616. The highest BCUT2D eigenvalue weighted by atomic mass is 16.5. The molecule has 13 heavy (non-hydrogen) atoms. The first-order valence-electron chi connectivity index (χ1n) is 3.30. The number of hydrogen-bond acceptors (Lipinski definition) is 5. The Labute approximate surface area is 71.3 Å². The van der Waals surface area contributed by atoms with E-state index in [4.69, 9.17) is 0 Å². The van der Waals surface area contributed by atoms with Crippen LogP contribution in [0.15, 0.2) is 16.9 Å². The number of aromatic nitrogens is 1. The van der Waals surface area contributed by atoms with Gasteiger partial charge in [-0.2, -0.15) is 0 Å². The van der Waals surface area contributed by atoms with Crippen molar-refractivity contribution < 1.29 is 18.9 Å². The molecule has 2 heterocycles. The van der Waals surface area contributed by atoms with Crippen LogP contribution < -0.4 is 10.2 Å². The number of carbonyl (C=O) groups is 3. The molecule has 0 radical (unpaired) electrons. The molecular formula is C6H3N3O4. The standard InChI is InChI=1S/C6H3N3O4/c10-4-5(11)9(6(12)7-4)3-1-2-13-8-3/h1-2H,(H,7,10,12). The predicted molar refractivity (Wildman–Crippen MR) is 37.5 cm³/mol. The summed E-state index contributed by atoms with van der Waals surface area (Å²) in [4.78, 5) is 33.3. The van der Waals surface area contributed by atoms with E-state index in [1.807, 2.05) is 5.32 Å². The summed E-state index contributed by atoms with van der Waals surface area (Å²) >= 11 is 0. The van der Waals surface area contributed by atoms with E-state index in [0.29, 0.717) is 4.90 Å². The molecule has 0 aromatic carbocycles. The van der Waals surface area contributed by atoms with Gasteiger partial charge in [0.05, 0.1) is 0 Å². The second-order valence-corrected chi connectivity index (χ2v) is 2.26. The summed E-state index contributed by atoms with van der Waals surface area (Å²) in [5.74, 6) is -1.93. The van der Waals surface area contributed by atoms with Crippen molar-refractivity contribution in [1.29, 1.82) is 0 Å². The van der Waals surface area contributed by atoms with E-state index in [9.17, 15) is 14.4 Å². The summed E-state index contributed by atoms with van der Waals surface area (Å²) in [5.41, 5.74) is 0. The van der Waals surface area contributed by atoms with Crippen molar-refractivity contribution >= 4 is 23.7 Å². The fourth-order valence-electron chi connectivity index (χ4n) is 0.930. The third-order valence-corrected chi connectivity index (χ3v) is 1.47. The van der Waals surface area contributed by atoms with Gasteiger partial charge in [0.2, 0.25) is 0 Å². The molecule has 0 spiro atoms. The van der Waals surface area contributed by atoms with Crippen molar-refractivity contribution in [3.8, 4) is 0 Å². The zero-order valence-electron chi connectivity index (χ0n) is 6.18. The SMILES string of the molecule is O=C1NC(=O)N(c2ccon2)C1=O. The Morgan fingerprint density at radius 1 is 1.38 bits per heavy atom. The van der Waals surface area contributed by atoms with Crippen LogP contribution in [-0.4, -0.2) is 23.0 Å². The van der Waals surface area contributed by atoms with Crippen molar-refractivity contribution in [2.45, 2.75) is 0 Å². The minimum Gasteiger partial charge on any atom is -0.363 e. The molecule has 4 amide bonds.